The molecule has 0 spiro atoms. The number of amides is 1. The van der Waals surface area contributed by atoms with Crippen LogP contribution in [0.25, 0.3) is 6.08 Å². The maximum Gasteiger partial charge on any atom is 0.246 e. The van der Waals surface area contributed by atoms with Gasteiger partial charge in [0.15, 0.2) is 11.5 Å². The topological polar surface area (TPSA) is 51.2 Å². The van der Waals surface area contributed by atoms with Crippen LogP contribution in [0, 0.1) is 0 Å². The first-order valence-corrected chi connectivity index (χ1v) is 9.72. The fourth-order valence-corrected chi connectivity index (χ4v) is 3.50. The quantitative estimate of drug-likeness (QED) is 0.671. The molecule has 0 unspecified atom stereocenters. The van der Waals surface area contributed by atoms with Crippen LogP contribution in [0.3, 0.4) is 0 Å². The number of anilines is 1. The summed E-state index contributed by atoms with van der Waals surface area (Å²) >= 11 is 0. The first kappa shape index (κ1) is 20.6. The van der Waals surface area contributed by atoms with Crippen LogP contribution in [0.15, 0.2) is 48.5 Å². The first-order chi connectivity index (χ1) is 14.1. The van der Waals surface area contributed by atoms with Crippen molar-refractivity contribution in [2.75, 3.05) is 45.8 Å². The minimum absolute atomic E-state index is 0.0847. The van der Waals surface area contributed by atoms with E-state index in [1.54, 1.807) is 38.3 Å². The maximum absolute atomic E-state index is 12.6. The summed E-state index contributed by atoms with van der Waals surface area (Å²) in [5, 5.41) is 0. The Morgan fingerprint density at radius 1 is 1.21 bits per heavy atom. The van der Waals surface area contributed by atoms with Crippen LogP contribution in [0.1, 0.15) is 12.5 Å². The van der Waals surface area contributed by atoms with Gasteiger partial charge < -0.3 is 24.0 Å². The fourth-order valence-electron chi connectivity index (χ4n) is 3.50. The Balaban J connectivity index is 1.67. The summed E-state index contributed by atoms with van der Waals surface area (Å²) in [5.74, 6) is 2.00. The summed E-state index contributed by atoms with van der Waals surface area (Å²) in [6.45, 7) is 4.27. The van der Waals surface area contributed by atoms with Gasteiger partial charge in [0.05, 0.1) is 33.0 Å². The molecule has 0 aromatic heterocycles. The van der Waals surface area contributed by atoms with Crippen molar-refractivity contribution in [3.05, 3.63) is 54.1 Å². The predicted octanol–water partition coefficient (Wildman–Crippen LogP) is 3.46. The number of carbonyl (C=O) groups excluding carboxylic acids is 1. The molecule has 154 valence electrons. The number of likely N-dealkylation sites (N-methyl/N-ethyl adjacent to an activating group) is 2. The normalized spacial score (nSPS) is 15.6. The Labute approximate surface area is 172 Å². The molecule has 0 bridgehead atoms. The monoisotopic (exact) mass is 396 g/mol. The summed E-state index contributed by atoms with van der Waals surface area (Å²) in [5.41, 5.74) is 1.89. The number of fused-ring (bicyclic) bond motifs is 1. The molecule has 3 rings (SSSR count). The van der Waals surface area contributed by atoms with Crippen molar-refractivity contribution in [1.29, 1.82) is 0 Å². The Bertz CT molecular complexity index is 881. The van der Waals surface area contributed by atoms with Crippen molar-refractivity contribution in [2.24, 2.45) is 0 Å². The molecule has 29 heavy (non-hydrogen) atoms. The third-order valence-electron chi connectivity index (χ3n) is 5.00. The number of hydrogen-bond acceptors (Lipinski definition) is 5. The van der Waals surface area contributed by atoms with E-state index in [0.717, 1.165) is 30.1 Å². The molecular formula is C23H28N2O4. The van der Waals surface area contributed by atoms with Gasteiger partial charge in [0.1, 0.15) is 11.9 Å². The standard InChI is InChI=1S/C23H28N2O4/c1-5-25-16-18(29-20-11-7-6-10-19(20)25)15-24(2)22(26)14-13-17-9-8-12-21(27-3)23(17)28-4/h6-14,18H,5,15-16H2,1-4H3/b14-13+/t18-/m0/s1. The van der Waals surface area contributed by atoms with E-state index >= 15 is 0 Å². The van der Waals surface area contributed by atoms with Gasteiger partial charge >= 0.3 is 0 Å². The van der Waals surface area contributed by atoms with Crippen molar-refractivity contribution < 1.29 is 19.0 Å². The SMILES string of the molecule is CCN1C[C@H](CN(C)C(=O)/C=C/c2cccc(OC)c2OC)Oc2ccccc21. The van der Waals surface area contributed by atoms with Crippen LogP contribution in [0.5, 0.6) is 17.2 Å². The molecule has 6 heteroatoms. The highest BCUT2D eigenvalue weighted by atomic mass is 16.5. The molecule has 0 N–H and O–H groups in total. The lowest BCUT2D eigenvalue weighted by atomic mass is 10.1. The smallest absolute Gasteiger partial charge is 0.246 e. The zero-order valence-corrected chi connectivity index (χ0v) is 17.4. The van der Waals surface area contributed by atoms with E-state index in [1.807, 2.05) is 36.4 Å². The summed E-state index contributed by atoms with van der Waals surface area (Å²) in [7, 11) is 4.96. The third-order valence-corrected chi connectivity index (χ3v) is 5.00. The molecule has 0 fully saturated rings. The number of benzene rings is 2. The van der Waals surface area contributed by atoms with Crippen LogP contribution in [-0.4, -0.2) is 57.8 Å². The van der Waals surface area contributed by atoms with E-state index in [1.165, 1.54) is 0 Å². The molecule has 1 heterocycles. The van der Waals surface area contributed by atoms with Crippen LogP contribution in [-0.2, 0) is 4.79 Å². The van der Waals surface area contributed by atoms with Crippen molar-refractivity contribution >= 4 is 17.7 Å². The third kappa shape index (κ3) is 4.65. The molecule has 0 aliphatic carbocycles. The average molecular weight is 396 g/mol. The molecule has 0 saturated carbocycles. The molecule has 2 aromatic carbocycles. The number of methoxy groups -OCH3 is 2. The molecule has 1 aliphatic rings. The van der Waals surface area contributed by atoms with Crippen LogP contribution < -0.4 is 19.1 Å². The average Bonchev–Trinajstić information content (AvgIpc) is 2.76. The fraction of sp³-hybridized carbons (Fsp3) is 0.348. The van der Waals surface area contributed by atoms with Crippen LogP contribution in [0.2, 0.25) is 0 Å². The van der Waals surface area contributed by atoms with E-state index in [-0.39, 0.29) is 12.0 Å². The number of carbonyl (C=O) groups is 1. The second-order valence-electron chi connectivity index (χ2n) is 6.88. The minimum Gasteiger partial charge on any atom is -0.493 e. The molecule has 2 aromatic rings. The zero-order chi connectivity index (χ0) is 20.8. The summed E-state index contributed by atoms with van der Waals surface area (Å²) in [6, 6.07) is 13.6. The maximum atomic E-state index is 12.6. The van der Waals surface area contributed by atoms with E-state index in [4.69, 9.17) is 14.2 Å². The van der Waals surface area contributed by atoms with Gasteiger partial charge in [-0.15, -0.1) is 0 Å². The highest BCUT2D eigenvalue weighted by Crippen LogP contribution is 2.33. The van der Waals surface area contributed by atoms with Crippen LogP contribution >= 0.6 is 0 Å². The number of ether oxygens (including phenoxy) is 3. The molecular weight excluding hydrogens is 368 g/mol. The lowest BCUT2D eigenvalue weighted by Gasteiger charge is -2.37. The summed E-state index contributed by atoms with van der Waals surface area (Å²) in [4.78, 5) is 16.6. The van der Waals surface area contributed by atoms with Gasteiger partial charge in [0, 0.05) is 25.2 Å². The van der Waals surface area contributed by atoms with E-state index in [0.29, 0.717) is 18.0 Å². The van der Waals surface area contributed by atoms with Crippen molar-refractivity contribution in [3.63, 3.8) is 0 Å². The van der Waals surface area contributed by atoms with Gasteiger partial charge in [-0.1, -0.05) is 24.3 Å². The van der Waals surface area contributed by atoms with Crippen LogP contribution in [0.4, 0.5) is 5.69 Å². The van der Waals surface area contributed by atoms with Gasteiger partial charge in [-0.05, 0) is 31.2 Å². The predicted molar refractivity (Wildman–Crippen MR) is 115 cm³/mol. The Kier molecular flexibility index (Phi) is 6.65. The number of hydrogen-bond donors (Lipinski definition) is 0. The zero-order valence-electron chi connectivity index (χ0n) is 17.4. The largest absolute Gasteiger partial charge is 0.493 e. The number of para-hydroxylation sites is 3. The van der Waals surface area contributed by atoms with Gasteiger partial charge in [-0.2, -0.15) is 0 Å². The second-order valence-corrected chi connectivity index (χ2v) is 6.88. The minimum atomic E-state index is -0.0969. The number of nitrogens with zero attached hydrogens (tertiary/aromatic N) is 2. The molecule has 6 nitrogen and oxygen atoms in total. The summed E-state index contributed by atoms with van der Waals surface area (Å²) in [6.07, 6.45) is 3.21. The van der Waals surface area contributed by atoms with Crippen molar-refractivity contribution in [3.8, 4) is 17.2 Å². The summed E-state index contributed by atoms with van der Waals surface area (Å²) < 4.78 is 16.8. The molecule has 1 atom stereocenters. The lowest BCUT2D eigenvalue weighted by Crippen LogP contribution is -2.46. The van der Waals surface area contributed by atoms with E-state index in [9.17, 15) is 4.79 Å². The van der Waals surface area contributed by atoms with Gasteiger partial charge in [0.2, 0.25) is 5.91 Å². The molecule has 0 radical (unpaired) electrons. The van der Waals surface area contributed by atoms with E-state index in [2.05, 4.69) is 17.9 Å². The van der Waals surface area contributed by atoms with Gasteiger partial charge in [0.25, 0.3) is 0 Å². The molecule has 1 amide bonds. The van der Waals surface area contributed by atoms with Gasteiger partial charge in [-0.25, -0.2) is 0 Å². The Hall–Kier alpha value is -3.15. The Morgan fingerprint density at radius 2 is 2.00 bits per heavy atom. The first-order valence-electron chi connectivity index (χ1n) is 9.72. The highest BCUT2D eigenvalue weighted by Gasteiger charge is 2.26. The molecule has 1 aliphatic heterocycles. The highest BCUT2D eigenvalue weighted by molar-refractivity contribution is 5.92. The van der Waals surface area contributed by atoms with Crippen molar-refractivity contribution in [2.45, 2.75) is 13.0 Å². The lowest BCUT2D eigenvalue weighted by molar-refractivity contribution is -0.125. The molecule has 0 saturated heterocycles. The van der Waals surface area contributed by atoms with Crippen molar-refractivity contribution in [1.82, 2.24) is 4.90 Å². The van der Waals surface area contributed by atoms with E-state index < -0.39 is 0 Å². The Morgan fingerprint density at radius 3 is 2.72 bits per heavy atom. The number of rotatable bonds is 7. The van der Waals surface area contributed by atoms with Gasteiger partial charge in [-0.3, -0.25) is 4.79 Å². The second kappa shape index (κ2) is 9.37.